The number of nitrogens with one attached hydrogen (secondary N) is 1. The molecule has 1 atom stereocenters. The summed E-state index contributed by atoms with van der Waals surface area (Å²) in [5.41, 5.74) is 7.95. The van der Waals surface area contributed by atoms with Gasteiger partial charge < -0.3 is 20.5 Å². The maximum atomic E-state index is 12.3. The molecule has 0 bridgehead atoms. The predicted molar refractivity (Wildman–Crippen MR) is 80.6 cm³/mol. The first-order valence-electron chi connectivity index (χ1n) is 6.66. The number of anilines is 2. The van der Waals surface area contributed by atoms with Crippen molar-refractivity contribution in [1.29, 1.82) is 0 Å². The summed E-state index contributed by atoms with van der Waals surface area (Å²) in [6.45, 7) is 0. The molecule has 1 aliphatic rings. The Bertz CT molecular complexity index is 660. The van der Waals surface area contributed by atoms with Crippen LogP contribution in [0.1, 0.15) is 5.56 Å². The van der Waals surface area contributed by atoms with Gasteiger partial charge in [-0.3, -0.25) is 4.79 Å². The van der Waals surface area contributed by atoms with Crippen LogP contribution in [0.5, 0.6) is 11.5 Å². The lowest BCUT2D eigenvalue weighted by Gasteiger charge is -2.13. The van der Waals surface area contributed by atoms with Crippen LogP contribution < -0.4 is 20.5 Å². The number of carbonyl (C=O) groups is 1. The molecule has 108 valence electrons. The Balaban J connectivity index is 1.71. The van der Waals surface area contributed by atoms with E-state index < -0.39 is 6.10 Å². The summed E-state index contributed by atoms with van der Waals surface area (Å²) in [7, 11) is 1.57. The van der Waals surface area contributed by atoms with Crippen molar-refractivity contribution >= 4 is 17.3 Å². The second-order valence-corrected chi connectivity index (χ2v) is 4.86. The Labute approximate surface area is 122 Å². The van der Waals surface area contributed by atoms with Gasteiger partial charge in [-0.1, -0.05) is 18.2 Å². The minimum atomic E-state index is -0.524. The Hall–Kier alpha value is -2.69. The van der Waals surface area contributed by atoms with Crippen molar-refractivity contribution in [2.24, 2.45) is 0 Å². The summed E-state index contributed by atoms with van der Waals surface area (Å²) in [6.07, 6.45) is 0.0434. The zero-order valence-electron chi connectivity index (χ0n) is 11.6. The molecule has 0 radical (unpaired) electrons. The van der Waals surface area contributed by atoms with E-state index in [9.17, 15) is 4.79 Å². The maximum absolute atomic E-state index is 12.3. The number of para-hydroxylation sites is 1. The van der Waals surface area contributed by atoms with Crippen molar-refractivity contribution < 1.29 is 14.3 Å². The zero-order chi connectivity index (χ0) is 14.8. The van der Waals surface area contributed by atoms with Gasteiger partial charge in [0, 0.05) is 12.5 Å². The lowest BCUT2D eigenvalue weighted by Crippen LogP contribution is -2.31. The monoisotopic (exact) mass is 284 g/mol. The highest BCUT2D eigenvalue weighted by atomic mass is 16.5. The van der Waals surface area contributed by atoms with E-state index >= 15 is 0 Å². The molecular weight excluding hydrogens is 268 g/mol. The fourth-order valence-electron chi connectivity index (χ4n) is 2.32. The van der Waals surface area contributed by atoms with Crippen LogP contribution in [0.15, 0.2) is 42.5 Å². The van der Waals surface area contributed by atoms with Gasteiger partial charge in [0.25, 0.3) is 5.91 Å². The third-order valence-electron chi connectivity index (χ3n) is 3.46. The highest BCUT2D eigenvalue weighted by Gasteiger charge is 2.29. The summed E-state index contributed by atoms with van der Waals surface area (Å²) in [4.78, 5) is 12.3. The number of nitrogen functional groups attached to an aromatic ring is 1. The molecule has 0 spiro atoms. The number of carbonyl (C=O) groups excluding carboxylic acids is 1. The molecule has 2 aromatic rings. The van der Waals surface area contributed by atoms with E-state index in [2.05, 4.69) is 5.32 Å². The molecule has 0 fully saturated rings. The molecule has 1 heterocycles. The molecule has 3 rings (SSSR count). The number of fused-ring (bicyclic) bond motifs is 1. The maximum Gasteiger partial charge on any atom is 0.265 e. The standard InChI is InChI=1S/C16H16N2O3/c1-20-11-6-7-13(12(17)9-11)18-16(19)15-8-10-4-2-3-5-14(10)21-15/h2-7,9,15H,8,17H2,1H3,(H,18,19). The number of hydrogen-bond donors (Lipinski definition) is 2. The number of nitrogens with two attached hydrogens (primary N) is 1. The molecule has 0 aromatic heterocycles. The predicted octanol–water partition coefficient (Wildman–Crippen LogP) is 2.22. The molecule has 1 aliphatic heterocycles. The SMILES string of the molecule is COc1ccc(NC(=O)C2Cc3ccccc3O2)c(N)c1. The van der Waals surface area contributed by atoms with Crippen molar-refractivity contribution in [3.63, 3.8) is 0 Å². The number of hydrogen-bond acceptors (Lipinski definition) is 4. The van der Waals surface area contributed by atoms with Gasteiger partial charge in [0.15, 0.2) is 6.10 Å². The summed E-state index contributed by atoms with van der Waals surface area (Å²) < 4.78 is 10.7. The van der Waals surface area contributed by atoms with Crippen LogP contribution in [0, 0.1) is 0 Å². The Morgan fingerprint density at radius 2 is 2.14 bits per heavy atom. The first-order valence-corrected chi connectivity index (χ1v) is 6.66. The van der Waals surface area contributed by atoms with Gasteiger partial charge in [0.1, 0.15) is 11.5 Å². The second-order valence-electron chi connectivity index (χ2n) is 4.86. The van der Waals surface area contributed by atoms with E-state index in [-0.39, 0.29) is 5.91 Å². The van der Waals surface area contributed by atoms with Crippen molar-refractivity contribution in [3.8, 4) is 11.5 Å². The van der Waals surface area contributed by atoms with Crippen LogP contribution in [0.25, 0.3) is 0 Å². The number of rotatable bonds is 3. The minimum absolute atomic E-state index is 0.205. The van der Waals surface area contributed by atoms with E-state index in [4.69, 9.17) is 15.2 Å². The Kier molecular flexibility index (Phi) is 3.39. The second kappa shape index (κ2) is 5.36. The van der Waals surface area contributed by atoms with Gasteiger partial charge in [-0.05, 0) is 23.8 Å². The molecule has 1 unspecified atom stereocenters. The minimum Gasteiger partial charge on any atom is -0.497 e. The van der Waals surface area contributed by atoms with Crippen LogP contribution in [0.4, 0.5) is 11.4 Å². The Morgan fingerprint density at radius 3 is 2.86 bits per heavy atom. The molecule has 3 N–H and O–H groups in total. The number of ether oxygens (including phenoxy) is 2. The van der Waals surface area contributed by atoms with Gasteiger partial charge in [-0.2, -0.15) is 0 Å². The van der Waals surface area contributed by atoms with Crippen LogP contribution >= 0.6 is 0 Å². The highest BCUT2D eigenvalue weighted by molar-refractivity contribution is 5.97. The molecule has 21 heavy (non-hydrogen) atoms. The molecule has 5 heteroatoms. The lowest BCUT2D eigenvalue weighted by atomic mass is 10.1. The molecular formula is C16H16N2O3. The average Bonchev–Trinajstić information content (AvgIpc) is 2.93. The quantitative estimate of drug-likeness (QED) is 0.848. The smallest absolute Gasteiger partial charge is 0.265 e. The van der Waals surface area contributed by atoms with Gasteiger partial charge in [0.2, 0.25) is 0 Å². The van der Waals surface area contributed by atoms with Gasteiger partial charge in [-0.25, -0.2) is 0 Å². The third-order valence-corrected chi connectivity index (χ3v) is 3.46. The highest BCUT2D eigenvalue weighted by Crippen LogP contribution is 2.29. The van der Waals surface area contributed by atoms with Crippen molar-refractivity contribution in [2.45, 2.75) is 12.5 Å². The van der Waals surface area contributed by atoms with Crippen LogP contribution in [0.3, 0.4) is 0 Å². The van der Waals surface area contributed by atoms with E-state index in [1.54, 1.807) is 25.3 Å². The fraction of sp³-hybridized carbons (Fsp3) is 0.188. The largest absolute Gasteiger partial charge is 0.497 e. The molecule has 2 aromatic carbocycles. The lowest BCUT2D eigenvalue weighted by molar-refractivity contribution is -0.122. The van der Waals surface area contributed by atoms with Gasteiger partial charge in [0.05, 0.1) is 18.5 Å². The summed E-state index contributed by atoms with van der Waals surface area (Å²) in [6, 6.07) is 12.8. The van der Waals surface area contributed by atoms with Crippen LogP contribution in [0.2, 0.25) is 0 Å². The van der Waals surface area contributed by atoms with E-state index in [1.165, 1.54) is 0 Å². The normalized spacial score (nSPS) is 16.0. The zero-order valence-corrected chi connectivity index (χ0v) is 11.6. The van der Waals surface area contributed by atoms with Crippen molar-refractivity contribution in [3.05, 3.63) is 48.0 Å². The van der Waals surface area contributed by atoms with E-state index in [0.29, 0.717) is 23.5 Å². The molecule has 0 saturated carbocycles. The molecule has 5 nitrogen and oxygen atoms in total. The first kappa shape index (κ1) is 13.3. The first-order chi connectivity index (χ1) is 10.2. The van der Waals surface area contributed by atoms with Gasteiger partial charge in [-0.15, -0.1) is 0 Å². The number of methoxy groups -OCH3 is 1. The third kappa shape index (κ3) is 2.63. The molecule has 0 aliphatic carbocycles. The fourth-order valence-corrected chi connectivity index (χ4v) is 2.32. The van der Waals surface area contributed by atoms with E-state index in [0.717, 1.165) is 11.3 Å². The molecule has 1 amide bonds. The van der Waals surface area contributed by atoms with E-state index in [1.807, 2.05) is 24.3 Å². The van der Waals surface area contributed by atoms with Crippen molar-refractivity contribution in [1.82, 2.24) is 0 Å². The summed E-state index contributed by atoms with van der Waals surface area (Å²) in [5.74, 6) is 1.21. The summed E-state index contributed by atoms with van der Waals surface area (Å²) in [5, 5.41) is 2.79. The summed E-state index contributed by atoms with van der Waals surface area (Å²) >= 11 is 0. The van der Waals surface area contributed by atoms with Crippen LogP contribution in [-0.4, -0.2) is 19.1 Å². The Morgan fingerprint density at radius 1 is 1.33 bits per heavy atom. The van der Waals surface area contributed by atoms with Crippen molar-refractivity contribution in [2.75, 3.05) is 18.2 Å². The van der Waals surface area contributed by atoms with Crippen LogP contribution in [-0.2, 0) is 11.2 Å². The average molecular weight is 284 g/mol. The molecule has 0 saturated heterocycles. The number of amides is 1. The number of benzene rings is 2. The van der Waals surface area contributed by atoms with Gasteiger partial charge >= 0.3 is 0 Å². The topological polar surface area (TPSA) is 73.6 Å².